The van der Waals surface area contributed by atoms with Crippen molar-refractivity contribution in [1.29, 1.82) is 0 Å². The average Bonchev–Trinajstić information content (AvgIpc) is 3.68. The maximum atomic E-state index is 13.4. The molecule has 1 N–H and O–H groups in total. The minimum Gasteiger partial charge on any atom is -0.493 e. The van der Waals surface area contributed by atoms with Gasteiger partial charge < -0.3 is 14.5 Å². The molecule has 1 aliphatic rings. The van der Waals surface area contributed by atoms with E-state index in [9.17, 15) is 9.59 Å². The molecule has 0 saturated heterocycles. The zero-order chi connectivity index (χ0) is 30.7. The Hall–Kier alpha value is -6.03. The highest BCUT2D eigenvalue weighted by atomic mass is 16.5. The van der Waals surface area contributed by atoms with Crippen molar-refractivity contribution >= 4 is 44.4 Å². The molecule has 0 unspecified atom stereocenters. The molecule has 10 nitrogen and oxygen atoms in total. The fraction of sp³-hybridized carbons (Fsp3) is 0.114. The zero-order valence-corrected chi connectivity index (χ0v) is 24.4. The number of imide groups is 1. The number of rotatable bonds is 7. The average molecular weight is 595 g/mol. The number of para-hydroxylation sites is 1. The van der Waals surface area contributed by atoms with E-state index < -0.39 is 0 Å². The van der Waals surface area contributed by atoms with Gasteiger partial charge in [0.15, 0.2) is 11.5 Å². The Labute approximate surface area is 256 Å². The van der Waals surface area contributed by atoms with Gasteiger partial charge in [-0.1, -0.05) is 47.7 Å². The van der Waals surface area contributed by atoms with Gasteiger partial charge in [-0.3, -0.25) is 14.5 Å². The van der Waals surface area contributed by atoms with Crippen molar-refractivity contribution in [2.45, 2.75) is 13.1 Å². The maximum Gasteiger partial charge on any atom is 0.261 e. The second-order valence-corrected chi connectivity index (χ2v) is 10.9. The molecule has 10 heteroatoms. The first-order valence-corrected chi connectivity index (χ1v) is 14.4. The molecule has 0 saturated carbocycles. The lowest BCUT2D eigenvalue weighted by Gasteiger charge is -2.26. The molecule has 1 aliphatic heterocycles. The molecule has 7 aromatic rings. The number of aromatic nitrogens is 5. The van der Waals surface area contributed by atoms with Crippen LogP contribution in [0.2, 0.25) is 0 Å². The number of nitrogens with one attached hydrogen (secondary N) is 1. The summed E-state index contributed by atoms with van der Waals surface area (Å²) < 4.78 is 12.7. The molecule has 8 rings (SSSR count). The first-order chi connectivity index (χ1) is 22.0. The molecule has 45 heavy (non-hydrogen) atoms. The number of pyridine rings is 1. The third kappa shape index (κ3) is 4.29. The number of benzene rings is 4. The normalized spacial score (nSPS) is 12.9. The highest BCUT2D eigenvalue weighted by Crippen LogP contribution is 2.37. The summed E-state index contributed by atoms with van der Waals surface area (Å²) in [5, 5.41) is 12.3. The van der Waals surface area contributed by atoms with Crippen molar-refractivity contribution in [3.8, 4) is 22.8 Å². The molecule has 0 spiro atoms. The lowest BCUT2D eigenvalue weighted by molar-refractivity contribution is 0.0596. The van der Waals surface area contributed by atoms with Crippen LogP contribution in [0.5, 0.6) is 11.5 Å². The van der Waals surface area contributed by atoms with Gasteiger partial charge in [-0.25, -0.2) is 9.67 Å². The largest absolute Gasteiger partial charge is 0.493 e. The number of carbonyl (C=O) groups is 2. The molecular weight excluding hydrogens is 568 g/mol. The summed E-state index contributed by atoms with van der Waals surface area (Å²) in [5.74, 6) is 0.550. The number of H-pyrrole nitrogens is 1. The van der Waals surface area contributed by atoms with Crippen molar-refractivity contribution in [3.63, 3.8) is 0 Å². The highest BCUT2D eigenvalue weighted by Gasteiger charge is 2.33. The number of nitrogens with zero attached hydrogens (tertiary/aromatic N) is 5. The first-order valence-electron chi connectivity index (χ1n) is 14.4. The Balaban J connectivity index is 1.14. The number of hydrogen-bond acceptors (Lipinski definition) is 7. The molecule has 0 radical (unpaired) electrons. The van der Waals surface area contributed by atoms with E-state index in [1.54, 1.807) is 37.2 Å². The Morgan fingerprint density at radius 1 is 0.756 bits per heavy atom. The number of ether oxygens (including phenoxy) is 2. The fourth-order valence-corrected chi connectivity index (χ4v) is 6.21. The lowest BCUT2D eigenvalue weighted by atomic mass is 9.94. The predicted octanol–water partition coefficient (Wildman–Crippen LogP) is 5.99. The number of fused-ring (bicyclic) bond motifs is 3. The van der Waals surface area contributed by atoms with E-state index in [4.69, 9.17) is 14.5 Å². The van der Waals surface area contributed by atoms with Gasteiger partial charge in [-0.2, -0.15) is 0 Å². The Morgan fingerprint density at radius 2 is 1.51 bits per heavy atom. The Kier molecular flexibility index (Phi) is 6.09. The minimum atomic E-state index is -0.343. The van der Waals surface area contributed by atoms with Crippen LogP contribution in [0.25, 0.3) is 43.8 Å². The quantitative estimate of drug-likeness (QED) is 0.226. The van der Waals surface area contributed by atoms with Crippen LogP contribution >= 0.6 is 0 Å². The van der Waals surface area contributed by atoms with Crippen LogP contribution in [0.1, 0.15) is 32.1 Å². The monoisotopic (exact) mass is 594 g/mol. The van der Waals surface area contributed by atoms with Crippen LogP contribution in [-0.4, -0.2) is 55.9 Å². The van der Waals surface area contributed by atoms with E-state index in [1.165, 1.54) is 4.90 Å². The van der Waals surface area contributed by atoms with E-state index in [2.05, 4.69) is 27.4 Å². The summed E-state index contributed by atoms with van der Waals surface area (Å²) in [6.45, 7) is 0.334. The van der Waals surface area contributed by atoms with Crippen LogP contribution in [0.15, 0.2) is 91.1 Å². The smallest absolute Gasteiger partial charge is 0.261 e. The van der Waals surface area contributed by atoms with Gasteiger partial charge in [-0.15, -0.1) is 5.10 Å². The molecule has 0 aliphatic carbocycles. The number of hydrogen-bond donors (Lipinski definition) is 1. The summed E-state index contributed by atoms with van der Waals surface area (Å²) in [6.07, 6.45) is 1.75. The molecule has 0 bridgehead atoms. The van der Waals surface area contributed by atoms with Crippen LogP contribution in [-0.2, 0) is 13.1 Å². The fourth-order valence-electron chi connectivity index (χ4n) is 6.21. The van der Waals surface area contributed by atoms with Crippen LogP contribution in [0.3, 0.4) is 0 Å². The van der Waals surface area contributed by atoms with E-state index in [-0.39, 0.29) is 18.4 Å². The van der Waals surface area contributed by atoms with Crippen molar-refractivity contribution in [1.82, 2.24) is 29.9 Å². The van der Waals surface area contributed by atoms with Gasteiger partial charge in [-0.05, 0) is 47.9 Å². The molecule has 0 atom stereocenters. The third-order valence-corrected chi connectivity index (χ3v) is 8.29. The number of carbonyl (C=O) groups excluding carboxylic acids is 2. The zero-order valence-electron chi connectivity index (χ0n) is 24.4. The first kappa shape index (κ1) is 26.6. The Bertz CT molecular complexity index is 2270. The number of aromatic amines is 1. The second kappa shape index (κ2) is 10.3. The van der Waals surface area contributed by atoms with Gasteiger partial charge in [0.2, 0.25) is 0 Å². The van der Waals surface area contributed by atoms with Gasteiger partial charge in [0.25, 0.3) is 11.8 Å². The van der Waals surface area contributed by atoms with Crippen molar-refractivity contribution in [2.24, 2.45) is 0 Å². The summed E-state index contributed by atoms with van der Waals surface area (Å²) in [6, 6.07) is 26.9. The van der Waals surface area contributed by atoms with Crippen LogP contribution in [0, 0.1) is 0 Å². The van der Waals surface area contributed by atoms with Crippen molar-refractivity contribution in [2.75, 3.05) is 14.2 Å². The molecule has 220 valence electrons. The number of amides is 2. The van der Waals surface area contributed by atoms with E-state index in [0.717, 1.165) is 44.1 Å². The molecule has 4 aromatic carbocycles. The molecular formula is C35H26N6O4. The van der Waals surface area contributed by atoms with E-state index in [0.29, 0.717) is 40.3 Å². The SMILES string of the molecule is COc1ccc(-c2nc(Cn3cc(CN4C(=O)c5cccc6cccc(c56)C4=O)nn3)cc3c2[nH]c2ccccc23)cc1OC. The molecule has 0 fully saturated rings. The van der Waals surface area contributed by atoms with Crippen molar-refractivity contribution < 1.29 is 19.1 Å². The molecule has 3 aromatic heterocycles. The summed E-state index contributed by atoms with van der Waals surface area (Å²) >= 11 is 0. The van der Waals surface area contributed by atoms with Crippen molar-refractivity contribution in [3.05, 3.63) is 114 Å². The second-order valence-electron chi connectivity index (χ2n) is 10.9. The van der Waals surface area contributed by atoms with Crippen LogP contribution < -0.4 is 9.47 Å². The van der Waals surface area contributed by atoms with Gasteiger partial charge >= 0.3 is 0 Å². The summed E-state index contributed by atoms with van der Waals surface area (Å²) in [7, 11) is 3.21. The topological polar surface area (TPSA) is 115 Å². The number of methoxy groups -OCH3 is 2. The van der Waals surface area contributed by atoms with Crippen LogP contribution in [0.4, 0.5) is 0 Å². The summed E-state index contributed by atoms with van der Waals surface area (Å²) in [5.41, 5.74) is 5.81. The highest BCUT2D eigenvalue weighted by molar-refractivity contribution is 6.25. The van der Waals surface area contributed by atoms with E-state index in [1.807, 2.05) is 60.7 Å². The van der Waals surface area contributed by atoms with E-state index >= 15 is 0 Å². The summed E-state index contributed by atoms with van der Waals surface area (Å²) in [4.78, 5) is 36.6. The molecule has 4 heterocycles. The molecule has 2 amide bonds. The predicted molar refractivity (Wildman–Crippen MR) is 169 cm³/mol. The maximum absolute atomic E-state index is 13.4. The Morgan fingerprint density at radius 3 is 2.27 bits per heavy atom. The van der Waals surface area contributed by atoms with Gasteiger partial charge in [0, 0.05) is 38.4 Å². The standard InChI is InChI=1S/C35H26N6O4/c1-44-29-14-13-21(15-30(29)45-2)32-33-27(24-9-3-4-12-28(24)37-33)16-22(36-32)17-40-18-23(38-39-40)19-41-34(42)25-10-5-7-20-8-6-11-26(31(20)25)35(41)43/h3-16,18,37H,17,19H2,1-2H3. The van der Waals surface area contributed by atoms with Gasteiger partial charge in [0.1, 0.15) is 5.69 Å². The third-order valence-electron chi connectivity index (χ3n) is 8.29. The van der Waals surface area contributed by atoms with Gasteiger partial charge in [0.05, 0.1) is 50.4 Å². The minimum absolute atomic E-state index is 0.00813. The lowest BCUT2D eigenvalue weighted by Crippen LogP contribution is -2.39.